The quantitative estimate of drug-likeness (QED) is 0.876. The van der Waals surface area contributed by atoms with E-state index in [1.165, 1.54) is 5.56 Å². The number of pyridine rings is 1. The summed E-state index contributed by atoms with van der Waals surface area (Å²) in [6.45, 7) is 3.23. The van der Waals surface area contributed by atoms with E-state index in [-0.39, 0.29) is 0 Å². The minimum atomic E-state index is 0.542. The highest BCUT2D eigenvalue weighted by molar-refractivity contribution is 5.29. The van der Waals surface area contributed by atoms with Crippen LogP contribution in [-0.4, -0.2) is 11.5 Å². The maximum absolute atomic E-state index is 5.75. The molecule has 2 rings (SSSR count). The Morgan fingerprint density at radius 1 is 1.17 bits per heavy atom. The van der Waals surface area contributed by atoms with Gasteiger partial charge in [-0.2, -0.15) is 0 Å². The summed E-state index contributed by atoms with van der Waals surface area (Å²) in [6, 6.07) is 10.1. The van der Waals surface area contributed by atoms with Gasteiger partial charge >= 0.3 is 0 Å². The predicted octanol–water partition coefficient (Wildman–Crippen LogP) is 2.47. The molecule has 2 N–H and O–H groups in total. The second kappa shape index (κ2) is 6.17. The third kappa shape index (κ3) is 3.57. The molecule has 0 saturated carbocycles. The summed E-state index contributed by atoms with van der Waals surface area (Å²) in [7, 11) is 0. The smallest absolute Gasteiger partial charge is 0.120 e. The predicted molar refractivity (Wildman–Crippen MR) is 72.5 cm³/mol. The van der Waals surface area contributed by atoms with Crippen molar-refractivity contribution in [3.05, 3.63) is 59.4 Å². The van der Waals surface area contributed by atoms with Crippen LogP contribution in [0, 0.1) is 6.92 Å². The molecule has 0 bridgehead atoms. The number of rotatable bonds is 5. The fraction of sp³-hybridized carbons (Fsp3) is 0.267. The van der Waals surface area contributed by atoms with E-state index in [0.29, 0.717) is 13.2 Å². The van der Waals surface area contributed by atoms with Gasteiger partial charge in [-0.05, 0) is 49.2 Å². The van der Waals surface area contributed by atoms with E-state index >= 15 is 0 Å². The standard InChI is InChI=1S/C15H18N2O/c1-12-7-14(10-17-9-12)11-18-15-4-2-3-13(8-15)5-6-16/h2-4,7-10H,5-6,11,16H2,1H3. The van der Waals surface area contributed by atoms with Crippen LogP contribution in [0.15, 0.2) is 42.7 Å². The zero-order chi connectivity index (χ0) is 12.8. The molecule has 3 nitrogen and oxygen atoms in total. The Balaban J connectivity index is 1.99. The lowest BCUT2D eigenvalue weighted by atomic mass is 10.1. The molecule has 0 fully saturated rings. The summed E-state index contributed by atoms with van der Waals surface area (Å²) in [6.07, 6.45) is 4.55. The summed E-state index contributed by atoms with van der Waals surface area (Å²) >= 11 is 0. The van der Waals surface area contributed by atoms with Crippen molar-refractivity contribution in [1.82, 2.24) is 4.98 Å². The molecule has 18 heavy (non-hydrogen) atoms. The van der Waals surface area contributed by atoms with Crippen LogP contribution < -0.4 is 10.5 Å². The zero-order valence-corrected chi connectivity index (χ0v) is 10.6. The molecule has 0 aliphatic heterocycles. The Kier molecular flexibility index (Phi) is 4.31. The second-order valence-electron chi connectivity index (χ2n) is 4.35. The van der Waals surface area contributed by atoms with Gasteiger partial charge in [0.2, 0.25) is 0 Å². The van der Waals surface area contributed by atoms with Crippen LogP contribution in [0.3, 0.4) is 0 Å². The molecule has 0 radical (unpaired) electrons. The lowest BCUT2D eigenvalue weighted by molar-refractivity contribution is 0.305. The zero-order valence-electron chi connectivity index (χ0n) is 10.6. The Bertz CT molecular complexity index is 511. The second-order valence-corrected chi connectivity index (χ2v) is 4.35. The highest BCUT2D eigenvalue weighted by Gasteiger charge is 1.98. The molecule has 94 valence electrons. The monoisotopic (exact) mass is 242 g/mol. The lowest BCUT2D eigenvalue weighted by Gasteiger charge is -2.08. The van der Waals surface area contributed by atoms with E-state index in [4.69, 9.17) is 10.5 Å². The van der Waals surface area contributed by atoms with Crippen molar-refractivity contribution in [1.29, 1.82) is 0 Å². The van der Waals surface area contributed by atoms with Crippen LogP contribution in [0.2, 0.25) is 0 Å². The Morgan fingerprint density at radius 3 is 2.83 bits per heavy atom. The largest absolute Gasteiger partial charge is 0.489 e. The Morgan fingerprint density at radius 2 is 2.06 bits per heavy atom. The van der Waals surface area contributed by atoms with E-state index in [2.05, 4.69) is 17.1 Å². The fourth-order valence-corrected chi connectivity index (χ4v) is 1.82. The third-order valence-corrected chi connectivity index (χ3v) is 2.67. The van der Waals surface area contributed by atoms with Gasteiger partial charge in [0, 0.05) is 18.0 Å². The van der Waals surface area contributed by atoms with Crippen molar-refractivity contribution in [2.75, 3.05) is 6.54 Å². The van der Waals surface area contributed by atoms with E-state index in [1.807, 2.05) is 37.5 Å². The van der Waals surface area contributed by atoms with Crippen LogP contribution in [0.25, 0.3) is 0 Å². The number of nitrogens with two attached hydrogens (primary N) is 1. The average molecular weight is 242 g/mol. The summed E-state index contributed by atoms with van der Waals surface area (Å²) in [5.41, 5.74) is 8.98. The van der Waals surface area contributed by atoms with Crippen LogP contribution in [-0.2, 0) is 13.0 Å². The van der Waals surface area contributed by atoms with Gasteiger partial charge in [-0.15, -0.1) is 0 Å². The average Bonchev–Trinajstić information content (AvgIpc) is 2.37. The van der Waals surface area contributed by atoms with Crippen LogP contribution >= 0.6 is 0 Å². The van der Waals surface area contributed by atoms with Crippen molar-refractivity contribution in [3.8, 4) is 5.75 Å². The molecule has 0 spiro atoms. The molecule has 0 amide bonds. The molecule has 1 aromatic heterocycles. The minimum Gasteiger partial charge on any atom is -0.489 e. The number of aromatic nitrogens is 1. The van der Waals surface area contributed by atoms with Gasteiger partial charge in [-0.25, -0.2) is 0 Å². The van der Waals surface area contributed by atoms with E-state index in [1.54, 1.807) is 0 Å². The van der Waals surface area contributed by atoms with Gasteiger partial charge in [-0.1, -0.05) is 12.1 Å². The van der Waals surface area contributed by atoms with Crippen LogP contribution in [0.5, 0.6) is 5.75 Å². The first-order valence-corrected chi connectivity index (χ1v) is 6.10. The number of hydrogen-bond acceptors (Lipinski definition) is 3. The van der Waals surface area contributed by atoms with Crippen LogP contribution in [0.1, 0.15) is 16.7 Å². The van der Waals surface area contributed by atoms with Gasteiger partial charge in [0.15, 0.2) is 0 Å². The number of nitrogens with zero attached hydrogens (tertiary/aromatic N) is 1. The first-order valence-electron chi connectivity index (χ1n) is 6.10. The topological polar surface area (TPSA) is 48.1 Å². The summed E-state index contributed by atoms with van der Waals surface area (Å²) in [5.74, 6) is 0.877. The first-order chi connectivity index (χ1) is 8.78. The first kappa shape index (κ1) is 12.6. The maximum atomic E-state index is 5.75. The molecule has 3 heteroatoms. The number of ether oxygens (including phenoxy) is 1. The molecular weight excluding hydrogens is 224 g/mol. The van der Waals surface area contributed by atoms with E-state index in [9.17, 15) is 0 Å². The van der Waals surface area contributed by atoms with Gasteiger partial charge < -0.3 is 10.5 Å². The maximum Gasteiger partial charge on any atom is 0.120 e. The van der Waals surface area contributed by atoms with Crippen molar-refractivity contribution >= 4 is 0 Å². The third-order valence-electron chi connectivity index (χ3n) is 2.67. The van der Waals surface area contributed by atoms with Crippen molar-refractivity contribution < 1.29 is 4.74 Å². The highest BCUT2D eigenvalue weighted by atomic mass is 16.5. The summed E-state index contributed by atoms with van der Waals surface area (Å²) in [4.78, 5) is 4.15. The van der Waals surface area contributed by atoms with Crippen molar-refractivity contribution in [3.63, 3.8) is 0 Å². The highest BCUT2D eigenvalue weighted by Crippen LogP contribution is 2.15. The summed E-state index contributed by atoms with van der Waals surface area (Å²) < 4.78 is 5.75. The van der Waals surface area contributed by atoms with Gasteiger partial charge in [0.05, 0.1) is 0 Å². The molecule has 0 aliphatic carbocycles. The summed E-state index contributed by atoms with van der Waals surface area (Å²) in [5, 5.41) is 0. The van der Waals surface area contributed by atoms with Gasteiger partial charge in [-0.3, -0.25) is 4.98 Å². The number of benzene rings is 1. The number of hydrogen-bond donors (Lipinski definition) is 1. The van der Waals surface area contributed by atoms with Crippen LogP contribution in [0.4, 0.5) is 0 Å². The molecule has 0 atom stereocenters. The molecule has 1 heterocycles. The van der Waals surface area contributed by atoms with Gasteiger partial charge in [0.25, 0.3) is 0 Å². The Labute approximate surface area is 108 Å². The fourth-order valence-electron chi connectivity index (χ4n) is 1.82. The van der Waals surface area contributed by atoms with Crippen molar-refractivity contribution in [2.24, 2.45) is 5.73 Å². The SMILES string of the molecule is Cc1cncc(COc2cccc(CCN)c2)c1. The Hall–Kier alpha value is -1.87. The number of aryl methyl sites for hydroxylation is 1. The van der Waals surface area contributed by atoms with Crippen molar-refractivity contribution in [2.45, 2.75) is 20.0 Å². The van der Waals surface area contributed by atoms with E-state index < -0.39 is 0 Å². The molecular formula is C15H18N2O. The normalized spacial score (nSPS) is 10.3. The minimum absolute atomic E-state index is 0.542. The molecule has 2 aromatic rings. The molecule has 0 aliphatic rings. The van der Waals surface area contributed by atoms with Gasteiger partial charge in [0.1, 0.15) is 12.4 Å². The lowest BCUT2D eigenvalue weighted by Crippen LogP contribution is -2.03. The van der Waals surface area contributed by atoms with E-state index in [0.717, 1.165) is 23.3 Å². The molecule has 1 aromatic carbocycles. The molecule has 0 unspecified atom stereocenters. The molecule has 0 saturated heterocycles.